The van der Waals surface area contributed by atoms with Gasteiger partial charge < -0.3 is 10.1 Å². The molecule has 0 amide bonds. The van der Waals surface area contributed by atoms with Gasteiger partial charge in [0, 0.05) is 49.5 Å². The molecule has 3 aromatic carbocycles. The summed E-state index contributed by atoms with van der Waals surface area (Å²) in [4.78, 5) is 19.2. The number of aliphatic hydroxyl groups excluding tert-OH is 1. The predicted octanol–water partition coefficient (Wildman–Crippen LogP) is 8.25. The SMILES string of the molecule is CC(=O)/C=C(/C)O.Cc1[c-]c(-c2nccc3c2cnc2c(F)c(-c4ccc([Si](C)(C)C)cc4)ccc23)cc(C)c1.[Ir]. The number of aromatic nitrogens is 2. The van der Waals surface area contributed by atoms with E-state index in [4.69, 9.17) is 5.11 Å². The van der Waals surface area contributed by atoms with Gasteiger partial charge in [-0.1, -0.05) is 75.1 Å². The summed E-state index contributed by atoms with van der Waals surface area (Å²) in [6.45, 7) is 13.9. The molecule has 0 aliphatic heterocycles. The van der Waals surface area contributed by atoms with Gasteiger partial charge >= 0.3 is 0 Å². The van der Waals surface area contributed by atoms with Crippen LogP contribution in [-0.2, 0) is 24.9 Å². The van der Waals surface area contributed by atoms with Crippen molar-refractivity contribution in [3.63, 3.8) is 0 Å². The fraction of sp³-hybridized carbons (Fsp3) is 0.206. The molecule has 2 heterocycles. The molecule has 0 spiro atoms. The molecule has 0 saturated carbocycles. The number of fused-ring (bicyclic) bond motifs is 3. The van der Waals surface area contributed by atoms with Crippen molar-refractivity contribution in [2.24, 2.45) is 0 Å². The van der Waals surface area contributed by atoms with Crippen LogP contribution in [0.3, 0.4) is 0 Å². The summed E-state index contributed by atoms with van der Waals surface area (Å²) >= 11 is 0. The normalized spacial score (nSPS) is 11.6. The minimum atomic E-state index is -1.40. The zero-order valence-corrected chi connectivity index (χ0v) is 27.8. The molecule has 7 heteroatoms. The van der Waals surface area contributed by atoms with E-state index in [2.05, 4.69) is 66.9 Å². The maximum absolute atomic E-state index is 15.7. The first-order valence-electron chi connectivity index (χ1n) is 13.2. The van der Waals surface area contributed by atoms with Crippen molar-refractivity contribution in [2.45, 2.75) is 47.3 Å². The van der Waals surface area contributed by atoms with Crippen LogP contribution in [0.25, 0.3) is 44.1 Å². The molecular weight excluding hydrogens is 708 g/mol. The summed E-state index contributed by atoms with van der Waals surface area (Å²) in [6, 6.07) is 21.7. The van der Waals surface area contributed by atoms with Gasteiger partial charge in [-0.25, -0.2) is 4.39 Å². The van der Waals surface area contributed by atoms with E-state index in [1.54, 1.807) is 12.4 Å². The van der Waals surface area contributed by atoms with Gasteiger partial charge in [-0.3, -0.25) is 9.78 Å². The zero-order chi connectivity index (χ0) is 29.2. The fourth-order valence-corrected chi connectivity index (χ4v) is 5.95. The van der Waals surface area contributed by atoms with Crippen molar-refractivity contribution in [2.75, 3.05) is 0 Å². The minimum absolute atomic E-state index is 0. The number of ketones is 1. The van der Waals surface area contributed by atoms with E-state index in [0.29, 0.717) is 11.1 Å². The monoisotopic (exact) mass is 742 g/mol. The van der Waals surface area contributed by atoms with E-state index in [9.17, 15) is 4.79 Å². The number of aliphatic hydroxyl groups is 1. The summed E-state index contributed by atoms with van der Waals surface area (Å²) in [6.07, 6.45) is 4.69. The third-order valence-corrected chi connectivity index (χ3v) is 8.66. The van der Waals surface area contributed by atoms with Gasteiger partial charge in [0.1, 0.15) is 5.52 Å². The van der Waals surface area contributed by atoms with E-state index in [0.717, 1.165) is 44.1 Å². The molecule has 5 aromatic rings. The Kier molecular flexibility index (Phi) is 10.1. The predicted molar refractivity (Wildman–Crippen MR) is 166 cm³/mol. The number of carbonyl (C=O) groups excluding carboxylic acids is 1. The number of benzene rings is 3. The molecule has 0 atom stereocenters. The van der Waals surface area contributed by atoms with Crippen LogP contribution in [0.5, 0.6) is 0 Å². The maximum atomic E-state index is 15.7. The van der Waals surface area contributed by atoms with Crippen molar-refractivity contribution < 1.29 is 34.4 Å². The van der Waals surface area contributed by atoms with Crippen LogP contribution in [0.1, 0.15) is 25.0 Å². The summed E-state index contributed by atoms with van der Waals surface area (Å²) in [7, 11) is -1.40. The topological polar surface area (TPSA) is 63.1 Å². The van der Waals surface area contributed by atoms with E-state index in [-0.39, 0.29) is 37.5 Å². The molecule has 0 aliphatic carbocycles. The third kappa shape index (κ3) is 7.42. The molecule has 5 rings (SSSR count). The van der Waals surface area contributed by atoms with Crippen molar-refractivity contribution in [1.82, 2.24) is 9.97 Å². The number of rotatable bonds is 4. The van der Waals surface area contributed by atoms with E-state index in [1.165, 1.54) is 25.1 Å². The molecule has 4 nitrogen and oxygen atoms in total. The van der Waals surface area contributed by atoms with Gasteiger partial charge in [0.2, 0.25) is 0 Å². The Balaban J connectivity index is 0.000000516. The molecule has 0 unspecified atom stereocenters. The Labute approximate surface area is 255 Å². The van der Waals surface area contributed by atoms with Gasteiger partial charge in [0.05, 0.1) is 13.8 Å². The number of allylic oxidation sites excluding steroid dienone is 2. The molecule has 1 radical (unpaired) electrons. The van der Waals surface area contributed by atoms with Gasteiger partial charge in [0.15, 0.2) is 11.6 Å². The smallest absolute Gasteiger partial charge is 0.157 e. The Morgan fingerprint density at radius 1 is 0.927 bits per heavy atom. The second-order valence-corrected chi connectivity index (χ2v) is 16.3. The number of halogens is 1. The van der Waals surface area contributed by atoms with Gasteiger partial charge in [-0.05, 0) is 41.9 Å². The van der Waals surface area contributed by atoms with Crippen LogP contribution in [0.4, 0.5) is 4.39 Å². The number of carbonyl (C=O) groups is 1. The van der Waals surface area contributed by atoms with Crippen LogP contribution in [0, 0.1) is 25.7 Å². The molecule has 213 valence electrons. The first-order valence-corrected chi connectivity index (χ1v) is 16.7. The number of aryl methyl sites for hydroxylation is 2. The number of pyridine rings is 2. The van der Waals surface area contributed by atoms with Crippen LogP contribution in [0.2, 0.25) is 19.6 Å². The molecule has 0 saturated heterocycles. The van der Waals surface area contributed by atoms with E-state index >= 15 is 4.39 Å². The van der Waals surface area contributed by atoms with Crippen molar-refractivity contribution >= 4 is 40.7 Å². The van der Waals surface area contributed by atoms with E-state index in [1.807, 2.05) is 37.3 Å². The van der Waals surface area contributed by atoms with Crippen LogP contribution in [0.15, 0.2) is 78.8 Å². The molecule has 2 aromatic heterocycles. The standard InChI is InChI=1S/C29H26FN2Si.C5H8O2.Ir/c1-18-14-19(2)16-21(15-18)28-26-17-32-29-25(24(26)12-13-31-28)11-10-23(27(29)30)20-6-8-22(9-7-20)33(3,4)5;1-4(6)3-5(2)7;/h6-15,17H,1-5H3;3,6H,1-2H3;/q-1;;/b;4-3-;. The molecule has 0 bridgehead atoms. The van der Waals surface area contributed by atoms with Gasteiger partial charge in [-0.2, -0.15) is 0 Å². The average Bonchev–Trinajstić information content (AvgIpc) is 2.87. The number of nitrogens with zero attached hydrogens (tertiary/aromatic N) is 2. The Bertz CT molecular complexity index is 1740. The Morgan fingerprint density at radius 3 is 2.17 bits per heavy atom. The second-order valence-electron chi connectivity index (χ2n) is 11.2. The maximum Gasteiger partial charge on any atom is 0.157 e. The van der Waals surface area contributed by atoms with Crippen LogP contribution >= 0.6 is 0 Å². The quantitative estimate of drug-likeness (QED) is 0.0663. The summed E-state index contributed by atoms with van der Waals surface area (Å²) in [5.41, 5.74) is 5.81. The summed E-state index contributed by atoms with van der Waals surface area (Å²) in [5, 5.41) is 12.4. The number of hydrogen-bond acceptors (Lipinski definition) is 4. The fourth-order valence-electron chi connectivity index (χ4n) is 4.78. The minimum Gasteiger partial charge on any atom is -0.512 e. The van der Waals surface area contributed by atoms with Gasteiger partial charge in [-0.15, -0.1) is 34.9 Å². The molecule has 0 fully saturated rings. The first kappa shape index (κ1) is 32.0. The Hall–Kier alpha value is -3.51. The average molecular weight is 742 g/mol. The van der Waals surface area contributed by atoms with Crippen LogP contribution in [-0.4, -0.2) is 28.9 Å². The zero-order valence-electron chi connectivity index (χ0n) is 24.4. The van der Waals surface area contributed by atoms with E-state index < -0.39 is 8.07 Å². The second kappa shape index (κ2) is 13.0. The van der Waals surface area contributed by atoms with Crippen molar-refractivity contribution in [3.05, 3.63) is 102 Å². The van der Waals surface area contributed by atoms with Crippen molar-refractivity contribution in [3.8, 4) is 22.4 Å². The third-order valence-electron chi connectivity index (χ3n) is 6.60. The Morgan fingerprint density at radius 2 is 1.61 bits per heavy atom. The molecule has 1 N–H and O–H groups in total. The number of hydrogen-bond donors (Lipinski definition) is 1. The molecule has 41 heavy (non-hydrogen) atoms. The summed E-state index contributed by atoms with van der Waals surface area (Å²) in [5.74, 6) is -0.348. The summed E-state index contributed by atoms with van der Waals surface area (Å²) < 4.78 is 15.7. The van der Waals surface area contributed by atoms with Crippen molar-refractivity contribution in [1.29, 1.82) is 0 Å². The largest absolute Gasteiger partial charge is 0.512 e. The molecular formula is C34H34FIrN2O2Si-. The van der Waals surface area contributed by atoms with Gasteiger partial charge in [0.25, 0.3) is 0 Å². The molecule has 0 aliphatic rings. The van der Waals surface area contributed by atoms with Crippen LogP contribution < -0.4 is 5.19 Å². The first-order chi connectivity index (χ1) is 18.8.